The van der Waals surface area contributed by atoms with E-state index >= 15 is 0 Å². The van der Waals surface area contributed by atoms with Crippen molar-refractivity contribution in [2.24, 2.45) is 0 Å². The zero-order valence-corrected chi connectivity index (χ0v) is 7.67. The van der Waals surface area contributed by atoms with E-state index in [2.05, 4.69) is 42.6 Å². The second kappa shape index (κ2) is 4.60. The molecule has 0 saturated heterocycles. The van der Waals surface area contributed by atoms with E-state index in [1.165, 1.54) is 11.1 Å². The van der Waals surface area contributed by atoms with Crippen molar-refractivity contribution in [3.8, 4) is 0 Å². The average Bonchev–Trinajstić information content (AvgIpc) is 2.15. The van der Waals surface area contributed by atoms with Crippen LogP contribution in [0.15, 0.2) is 30.5 Å². The molecule has 0 saturated carbocycles. The summed E-state index contributed by atoms with van der Waals surface area (Å²) in [5.41, 5.74) is 2.69. The Labute approximate surface area is 74.1 Å². The van der Waals surface area contributed by atoms with Gasteiger partial charge in [-0.15, -0.1) is 0 Å². The first-order valence-electron chi connectivity index (χ1n) is 4.30. The summed E-state index contributed by atoms with van der Waals surface area (Å²) in [7, 11) is 1.91. The Bertz CT molecular complexity index is 263. The summed E-state index contributed by atoms with van der Waals surface area (Å²) < 4.78 is 0. The molecule has 0 unspecified atom stereocenters. The van der Waals surface area contributed by atoms with Crippen molar-refractivity contribution < 1.29 is 0 Å². The highest BCUT2D eigenvalue weighted by Crippen LogP contribution is 2.10. The molecule has 12 heavy (non-hydrogen) atoms. The third-order valence-corrected chi connectivity index (χ3v) is 1.87. The molecule has 1 N–H and O–H groups in total. The molecule has 0 radical (unpaired) electrons. The van der Waals surface area contributed by atoms with E-state index in [1.807, 2.05) is 13.2 Å². The van der Waals surface area contributed by atoms with Crippen molar-refractivity contribution >= 4 is 6.08 Å². The van der Waals surface area contributed by atoms with Gasteiger partial charge in [0.1, 0.15) is 0 Å². The summed E-state index contributed by atoms with van der Waals surface area (Å²) in [5, 5.41) is 2.99. The molecule has 0 atom stereocenters. The van der Waals surface area contributed by atoms with Crippen LogP contribution in [0, 0.1) is 0 Å². The molecule has 0 amide bonds. The molecular formula is C11H15N. The fourth-order valence-electron chi connectivity index (χ4n) is 1.19. The summed E-state index contributed by atoms with van der Waals surface area (Å²) in [5.74, 6) is 0. The maximum atomic E-state index is 2.99. The predicted octanol–water partition coefficient (Wildman–Crippen LogP) is 2.44. The van der Waals surface area contributed by atoms with Crippen LogP contribution in [0.1, 0.15) is 18.1 Å². The quantitative estimate of drug-likeness (QED) is 0.718. The first-order valence-corrected chi connectivity index (χ1v) is 4.30. The molecule has 64 valence electrons. The lowest BCUT2D eigenvalue weighted by Crippen LogP contribution is -1.92. The fourth-order valence-corrected chi connectivity index (χ4v) is 1.19. The van der Waals surface area contributed by atoms with Crippen LogP contribution in [0.2, 0.25) is 0 Å². The highest BCUT2D eigenvalue weighted by Gasteiger charge is 1.93. The van der Waals surface area contributed by atoms with Crippen LogP contribution in [0.25, 0.3) is 6.08 Å². The Balaban J connectivity index is 2.89. The summed E-state index contributed by atoms with van der Waals surface area (Å²) in [4.78, 5) is 0. The highest BCUT2D eigenvalue weighted by molar-refractivity contribution is 5.53. The van der Waals surface area contributed by atoms with Gasteiger partial charge in [-0.2, -0.15) is 0 Å². The molecule has 0 bridgehead atoms. The lowest BCUT2D eigenvalue weighted by molar-refractivity contribution is 1.10. The van der Waals surface area contributed by atoms with Crippen molar-refractivity contribution in [2.75, 3.05) is 7.05 Å². The van der Waals surface area contributed by atoms with Crippen molar-refractivity contribution in [1.29, 1.82) is 0 Å². The molecule has 0 aliphatic carbocycles. The SMILES string of the molecule is CCc1ccccc1/C=C\NC. The van der Waals surface area contributed by atoms with Gasteiger partial charge < -0.3 is 5.32 Å². The topological polar surface area (TPSA) is 12.0 Å². The van der Waals surface area contributed by atoms with E-state index in [-0.39, 0.29) is 0 Å². The van der Waals surface area contributed by atoms with Crippen molar-refractivity contribution in [1.82, 2.24) is 5.32 Å². The Morgan fingerprint density at radius 1 is 1.33 bits per heavy atom. The lowest BCUT2D eigenvalue weighted by atomic mass is 10.1. The number of aryl methyl sites for hydroxylation is 1. The van der Waals surface area contributed by atoms with Gasteiger partial charge in [-0.3, -0.25) is 0 Å². The smallest absolute Gasteiger partial charge is 0.00277 e. The van der Waals surface area contributed by atoms with Gasteiger partial charge in [0.05, 0.1) is 0 Å². The molecule has 0 heterocycles. The predicted molar refractivity (Wildman–Crippen MR) is 53.9 cm³/mol. The first-order chi connectivity index (χ1) is 5.88. The zero-order valence-electron chi connectivity index (χ0n) is 7.67. The minimum atomic E-state index is 1.09. The number of nitrogens with one attached hydrogen (secondary N) is 1. The molecule has 1 aromatic carbocycles. The first kappa shape index (κ1) is 8.85. The molecule has 0 aliphatic rings. The van der Waals surface area contributed by atoms with Gasteiger partial charge in [-0.25, -0.2) is 0 Å². The summed E-state index contributed by atoms with van der Waals surface area (Å²) >= 11 is 0. The zero-order chi connectivity index (χ0) is 8.81. The summed E-state index contributed by atoms with van der Waals surface area (Å²) in [6, 6.07) is 8.44. The van der Waals surface area contributed by atoms with Crippen LogP contribution in [0.4, 0.5) is 0 Å². The van der Waals surface area contributed by atoms with Gasteiger partial charge in [0.2, 0.25) is 0 Å². The van der Waals surface area contributed by atoms with Crippen molar-refractivity contribution in [3.63, 3.8) is 0 Å². The monoisotopic (exact) mass is 161 g/mol. The van der Waals surface area contributed by atoms with Gasteiger partial charge in [0.15, 0.2) is 0 Å². The van der Waals surface area contributed by atoms with Crippen LogP contribution in [-0.2, 0) is 6.42 Å². The van der Waals surface area contributed by atoms with Crippen LogP contribution < -0.4 is 5.32 Å². The normalized spacial score (nSPS) is 10.5. The van der Waals surface area contributed by atoms with Gasteiger partial charge in [-0.05, 0) is 29.8 Å². The maximum Gasteiger partial charge on any atom is 0.00277 e. The van der Waals surface area contributed by atoms with E-state index in [0.29, 0.717) is 0 Å². The van der Waals surface area contributed by atoms with Crippen LogP contribution in [0.5, 0.6) is 0 Å². The molecule has 0 fully saturated rings. The van der Waals surface area contributed by atoms with E-state index < -0.39 is 0 Å². The Morgan fingerprint density at radius 2 is 2.08 bits per heavy atom. The van der Waals surface area contributed by atoms with Gasteiger partial charge in [0.25, 0.3) is 0 Å². The standard InChI is InChI=1S/C11H15N/c1-3-10-6-4-5-7-11(10)8-9-12-2/h4-9,12H,3H2,1-2H3/b9-8-. The third kappa shape index (κ3) is 2.12. The van der Waals surface area contributed by atoms with E-state index in [0.717, 1.165) is 6.42 Å². The minimum absolute atomic E-state index is 1.09. The highest BCUT2D eigenvalue weighted by atomic mass is 14.8. The number of hydrogen-bond acceptors (Lipinski definition) is 1. The molecule has 1 heteroatoms. The molecule has 0 spiro atoms. The van der Waals surface area contributed by atoms with Crippen LogP contribution >= 0.6 is 0 Å². The van der Waals surface area contributed by atoms with Crippen molar-refractivity contribution in [2.45, 2.75) is 13.3 Å². The number of rotatable bonds is 3. The van der Waals surface area contributed by atoms with E-state index in [1.54, 1.807) is 0 Å². The van der Waals surface area contributed by atoms with Crippen molar-refractivity contribution in [3.05, 3.63) is 41.6 Å². The molecule has 1 aromatic rings. The second-order valence-corrected chi connectivity index (χ2v) is 2.67. The Hall–Kier alpha value is -1.24. The molecule has 1 nitrogen and oxygen atoms in total. The van der Waals surface area contributed by atoms with Gasteiger partial charge in [0, 0.05) is 7.05 Å². The van der Waals surface area contributed by atoms with Gasteiger partial charge in [-0.1, -0.05) is 31.2 Å². The lowest BCUT2D eigenvalue weighted by Gasteiger charge is -2.01. The fraction of sp³-hybridized carbons (Fsp3) is 0.273. The average molecular weight is 161 g/mol. The summed E-state index contributed by atoms with van der Waals surface area (Å²) in [6.07, 6.45) is 5.14. The molecular weight excluding hydrogens is 146 g/mol. The largest absolute Gasteiger partial charge is 0.394 e. The third-order valence-electron chi connectivity index (χ3n) is 1.87. The summed E-state index contributed by atoms with van der Waals surface area (Å²) in [6.45, 7) is 2.17. The molecule has 0 aliphatic heterocycles. The number of benzene rings is 1. The van der Waals surface area contributed by atoms with Crippen LogP contribution in [-0.4, -0.2) is 7.05 Å². The Morgan fingerprint density at radius 3 is 2.75 bits per heavy atom. The molecule has 0 aromatic heterocycles. The maximum absolute atomic E-state index is 2.99. The van der Waals surface area contributed by atoms with Gasteiger partial charge >= 0.3 is 0 Å². The number of hydrogen-bond donors (Lipinski definition) is 1. The van der Waals surface area contributed by atoms with E-state index in [4.69, 9.17) is 0 Å². The Kier molecular flexibility index (Phi) is 3.39. The van der Waals surface area contributed by atoms with Crippen LogP contribution in [0.3, 0.4) is 0 Å². The minimum Gasteiger partial charge on any atom is -0.394 e. The molecule has 1 rings (SSSR count). The second-order valence-electron chi connectivity index (χ2n) is 2.67. The van der Waals surface area contributed by atoms with E-state index in [9.17, 15) is 0 Å².